The first-order chi connectivity index (χ1) is 9.49. The predicted molar refractivity (Wildman–Crippen MR) is 79.6 cm³/mol. The molecule has 104 valence electrons. The summed E-state index contributed by atoms with van der Waals surface area (Å²) in [6, 6.07) is 12.6. The lowest BCUT2D eigenvalue weighted by Gasteiger charge is -2.15. The largest absolute Gasteiger partial charge is 0.324 e. The molecule has 2 rings (SSSR count). The quantitative estimate of drug-likeness (QED) is 0.683. The van der Waals surface area contributed by atoms with Crippen LogP contribution in [0.2, 0.25) is 0 Å². The minimum Gasteiger partial charge on any atom is -0.324 e. The molecular weight excluding hydrogens is 252 g/mol. The summed E-state index contributed by atoms with van der Waals surface area (Å²) in [6.45, 7) is 4.05. The van der Waals surface area contributed by atoms with Crippen LogP contribution in [0.15, 0.2) is 42.5 Å². The summed E-state index contributed by atoms with van der Waals surface area (Å²) in [4.78, 5) is 10.7. The molecule has 0 aromatic heterocycles. The molecule has 4 heteroatoms. The van der Waals surface area contributed by atoms with Gasteiger partial charge in [0.25, 0.3) is 5.69 Å². The van der Waals surface area contributed by atoms with E-state index >= 15 is 0 Å². The lowest BCUT2D eigenvalue weighted by molar-refractivity contribution is -0.385. The molecule has 0 aliphatic carbocycles. The number of nitrogens with zero attached hydrogens (tertiary/aromatic N) is 1. The average molecular weight is 270 g/mol. The Morgan fingerprint density at radius 1 is 1.20 bits per heavy atom. The maximum absolute atomic E-state index is 11.0. The van der Waals surface area contributed by atoms with Gasteiger partial charge in [0.1, 0.15) is 0 Å². The third-order valence-corrected chi connectivity index (χ3v) is 3.45. The SMILES string of the molecule is Cc1ccc(C(N)Cc2ccccc2[N+](=O)[O-])c(C)c1. The molecule has 20 heavy (non-hydrogen) atoms. The molecule has 4 nitrogen and oxygen atoms in total. The summed E-state index contributed by atoms with van der Waals surface area (Å²) >= 11 is 0. The molecule has 1 atom stereocenters. The molecule has 0 aliphatic rings. The smallest absolute Gasteiger partial charge is 0.272 e. The standard InChI is InChI=1S/C16H18N2O2/c1-11-7-8-14(12(2)9-11)15(17)10-13-5-3-4-6-16(13)18(19)20/h3-9,15H,10,17H2,1-2H3. The Hall–Kier alpha value is -2.20. The van der Waals surface area contributed by atoms with Crippen LogP contribution >= 0.6 is 0 Å². The van der Waals surface area contributed by atoms with Crippen molar-refractivity contribution < 1.29 is 4.92 Å². The number of benzene rings is 2. The van der Waals surface area contributed by atoms with E-state index in [1.54, 1.807) is 18.2 Å². The molecule has 0 saturated carbocycles. The van der Waals surface area contributed by atoms with Gasteiger partial charge in [-0.25, -0.2) is 0 Å². The van der Waals surface area contributed by atoms with E-state index < -0.39 is 0 Å². The van der Waals surface area contributed by atoms with Gasteiger partial charge in [0.2, 0.25) is 0 Å². The van der Waals surface area contributed by atoms with E-state index in [0.29, 0.717) is 12.0 Å². The highest BCUT2D eigenvalue weighted by atomic mass is 16.6. The number of nitro benzene ring substituents is 1. The van der Waals surface area contributed by atoms with E-state index in [2.05, 4.69) is 6.07 Å². The van der Waals surface area contributed by atoms with Crippen LogP contribution in [-0.2, 0) is 6.42 Å². The van der Waals surface area contributed by atoms with Crippen molar-refractivity contribution in [1.82, 2.24) is 0 Å². The number of nitrogens with two attached hydrogens (primary N) is 1. The number of rotatable bonds is 4. The van der Waals surface area contributed by atoms with Gasteiger partial charge in [-0.1, -0.05) is 42.0 Å². The van der Waals surface area contributed by atoms with Crippen LogP contribution in [-0.4, -0.2) is 4.92 Å². The molecular formula is C16H18N2O2. The van der Waals surface area contributed by atoms with Gasteiger partial charge >= 0.3 is 0 Å². The maximum atomic E-state index is 11.0. The topological polar surface area (TPSA) is 69.2 Å². The van der Waals surface area contributed by atoms with Gasteiger partial charge in [-0.15, -0.1) is 0 Å². The second-order valence-electron chi connectivity index (χ2n) is 5.06. The predicted octanol–water partition coefficient (Wildman–Crippen LogP) is 3.45. The van der Waals surface area contributed by atoms with Crippen LogP contribution < -0.4 is 5.73 Å². The number of aryl methyl sites for hydroxylation is 2. The first-order valence-electron chi connectivity index (χ1n) is 6.54. The fourth-order valence-electron chi connectivity index (χ4n) is 2.45. The molecule has 0 spiro atoms. The van der Waals surface area contributed by atoms with Crippen molar-refractivity contribution in [2.24, 2.45) is 5.73 Å². The highest BCUT2D eigenvalue weighted by Gasteiger charge is 2.17. The minimum absolute atomic E-state index is 0.132. The molecule has 0 radical (unpaired) electrons. The van der Waals surface area contributed by atoms with E-state index in [1.165, 1.54) is 11.6 Å². The summed E-state index contributed by atoms with van der Waals surface area (Å²) in [5, 5.41) is 11.0. The summed E-state index contributed by atoms with van der Waals surface area (Å²) in [5.41, 5.74) is 10.4. The Balaban J connectivity index is 2.28. The van der Waals surface area contributed by atoms with Crippen LogP contribution in [0.1, 0.15) is 28.3 Å². The van der Waals surface area contributed by atoms with Crippen molar-refractivity contribution in [2.45, 2.75) is 26.3 Å². The van der Waals surface area contributed by atoms with Gasteiger partial charge in [-0.2, -0.15) is 0 Å². The highest BCUT2D eigenvalue weighted by molar-refractivity contribution is 5.42. The molecule has 0 aliphatic heterocycles. The maximum Gasteiger partial charge on any atom is 0.272 e. The lowest BCUT2D eigenvalue weighted by atomic mass is 9.94. The zero-order valence-electron chi connectivity index (χ0n) is 11.7. The van der Waals surface area contributed by atoms with Gasteiger partial charge in [0, 0.05) is 17.7 Å². The number of hydrogen-bond acceptors (Lipinski definition) is 3. The Morgan fingerprint density at radius 3 is 2.55 bits per heavy atom. The first-order valence-corrected chi connectivity index (χ1v) is 6.54. The summed E-state index contributed by atoms with van der Waals surface area (Å²) in [7, 11) is 0. The van der Waals surface area contributed by atoms with Gasteiger partial charge < -0.3 is 5.73 Å². The number of hydrogen-bond donors (Lipinski definition) is 1. The van der Waals surface area contributed by atoms with Gasteiger partial charge in [0.05, 0.1) is 4.92 Å². The molecule has 0 fully saturated rings. The van der Waals surface area contributed by atoms with E-state index in [4.69, 9.17) is 5.73 Å². The zero-order valence-corrected chi connectivity index (χ0v) is 11.7. The first kappa shape index (κ1) is 14.2. The monoisotopic (exact) mass is 270 g/mol. The Bertz CT molecular complexity index is 638. The molecule has 1 unspecified atom stereocenters. The molecule has 0 amide bonds. The number of para-hydroxylation sites is 1. The third-order valence-electron chi connectivity index (χ3n) is 3.45. The lowest BCUT2D eigenvalue weighted by Crippen LogP contribution is -2.15. The highest BCUT2D eigenvalue weighted by Crippen LogP contribution is 2.25. The molecule has 2 N–H and O–H groups in total. The fraction of sp³-hybridized carbons (Fsp3) is 0.250. The average Bonchev–Trinajstić information content (AvgIpc) is 2.38. The van der Waals surface area contributed by atoms with Crippen molar-refractivity contribution in [3.8, 4) is 0 Å². The van der Waals surface area contributed by atoms with E-state index in [1.807, 2.05) is 26.0 Å². The minimum atomic E-state index is -0.357. The van der Waals surface area contributed by atoms with Crippen LogP contribution in [0, 0.1) is 24.0 Å². The molecule has 2 aromatic carbocycles. The van der Waals surface area contributed by atoms with Gasteiger partial charge in [-0.05, 0) is 31.4 Å². The van der Waals surface area contributed by atoms with Crippen LogP contribution in [0.5, 0.6) is 0 Å². The second-order valence-corrected chi connectivity index (χ2v) is 5.06. The second kappa shape index (κ2) is 5.84. The summed E-state index contributed by atoms with van der Waals surface area (Å²) in [5.74, 6) is 0. The fourth-order valence-corrected chi connectivity index (χ4v) is 2.45. The summed E-state index contributed by atoms with van der Waals surface area (Å²) < 4.78 is 0. The molecule has 0 bridgehead atoms. The van der Waals surface area contributed by atoms with Crippen molar-refractivity contribution in [1.29, 1.82) is 0 Å². The molecule has 0 saturated heterocycles. The normalized spacial score (nSPS) is 12.2. The Labute approximate surface area is 118 Å². The summed E-state index contributed by atoms with van der Waals surface area (Å²) in [6.07, 6.45) is 0.459. The molecule has 0 heterocycles. The Morgan fingerprint density at radius 2 is 1.90 bits per heavy atom. The van der Waals surface area contributed by atoms with Crippen molar-refractivity contribution in [2.75, 3.05) is 0 Å². The van der Waals surface area contributed by atoms with E-state index in [-0.39, 0.29) is 16.7 Å². The van der Waals surface area contributed by atoms with Crippen LogP contribution in [0.4, 0.5) is 5.69 Å². The zero-order chi connectivity index (χ0) is 14.7. The Kier molecular flexibility index (Phi) is 4.15. The number of nitro groups is 1. The van der Waals surface area contributed by atoms with Crippen molar-refractivity contribution in [3.63, 3.8) is 0 Å². The van der Waals surface area contributed by atoms with Gasteiger partial charge in [0.15, 0.2) is 0 Å². The molecule has 2 aromatic rings. The van der Waals surface area contributed by atoms with E-state index in [9.17, 15) is 10.1 Å². The van der Waals surface area contributed by atoms with Crippen molar-refractivity contribution >= 4 is 5.69 Å². The third kappa shape index (κ3) is 3.03. The van der Waals surface area contributed by atoms with Crippen molar-refractivity contribution in [3.05, 3.63) is 74.8 Å². The van der Waals surface area contributed by atoms with Gasteiger partial charge in [-0.3, -0.25) is 10.1 Å². The van der Waals surface area contributed by atoms with Crippen LogP contribution in [0.3, 0.4) is 0 Å². The van der Waals surface area contributed by atoms with Crippen LogP contribution in [0.25, 0.3) is 0 Å². The van der Waals surface area contributed by atoms with E-state index in [0.717, 1.165) is 11.1 Å².